The normalized spacial score (nSPS) is 12.6. The van der Waals surface area contributed by atoms with Crippen LogP contribution < -0.4 is 4.72 Å². The average molecular weight is 296 g/mol. The maximum absolute atomic E-state index is 11.9. The van der Waals surface area contributed by atoms with Gasteiger partial charge in [0.25, 0.3) is 0 Å². The predicted octanol–water partition coefficient (Wildman–Crippen LogP) is 1.09. The first-order chi connectivity index (χ1) is 9.39. The van der Waals surface area contributed by atoms with E-state index in [-0.39, 0.29) is 12.3 Å². The van der Waals surface area contributed by atoms with Gasteiger partial charge in [0.15, 0.2) is 0 Å². The van der Waals surface area contributed by atoms with Crippen LogP contribution in [0.15, 0.2) is 24.3 Å². The van der Waals surface area contributed by atoms with Crippen molar-refractivity contribution >= 4 is 16.0 Å². The zero-order chi connectivity index (χ0) is 15.2. The van der Waals surface area contributed by atoms with Crippen molar-refractivity contribution in [3.63, 3.8) is 0 Å². The first-order valence-electron chi connectivity index (χ1n) is 6.07. The molecule has 6 nitrogen and oxygen atoms in total. The number of carboxylic acid groups (broad SMARTS) is 1. The van der Waals surface area contributed by atoms with E-state index in [2.05, 4.69) is 4.72 Å². The molecule has 20 heavy (non-hydrogen) atoms. The SMILES string of the molecule is CCC(CNS(=O)(=O)Cc1ccccc1C#N)C(=O)O. The molecule has 7 heteroatoms. The van der Waals surface area contributed by atoms with E-state index in [4.69, 9.17) is 10.4 Å². The van der Waals surface area contributed by atoms with Crippen molar-refractivity contribution in [2.75, 3.05) is 6.54 Å². The summed E-state index contributed by atoms with van der Waals surface area (Å²) in [6.07, 6.45) is 0.340. The highest BCUT2D eigenvalue weighted by atomic mass is 32.2. The predicted molar refractivity (Wildman–Crippen MR) is 73.2 cm³/mol. The Bertz CT molecular complexity index is 620. The van der Waals surface area contributed by atoms with Gasteiger partial charge in [0.2, 0.25) is 10.0 Å². The van der Waals surface area contributed by atoms with Crippen molar-refractivity contribution < 1.29 is 18.3 Å². The molecule has 108 valence electrons. The van der Waals surface area contributed by atoms with Gasteiger partial charge in [0.05, 0.1) is 23.3 Å². The monoisotopic (exact) mass is 296 g/mol. The fourth-order valence-corrected chi connectivity index (χ4v) is 2.86. The lowest BCUT2D eigenvalue weighted by Crippen LogP contribution is -2.33. The first-order valence-corrected chi connectivity index (χ1v) is 7.73. The number of aliphatic carboxylic acids is 1. The second-order valence-electron chi connectivity index (χ2n) is 4.32. The molecule has 1 aromatic carbocycles. The van der Waals surface area contributed by atoms with E-state index in [9.17, 15) is 13.2 Å². The molecule has 0 fully saturated rings. The van der Waals surface area contributed by atoms with Gasteiger partial charge in [-0.05, 0) is 18.1 Å². The lowest BCUT2D eigenvalue weighted by molar-refractivity contribution is -0.141. The highest BCUT2D eigenvalue weighted by molar-refractivity contribution is 7.88. The lowest BCUT2D eigenvalue weighted by Gasteiger charge is -2.12. The summed E-state index contributed by atoms with van der Waals surface area (Å²) < 4.78 is 26.1. The maximum atomic E-state index is 11.9. The smallest absolute Gasteiger partial charge is 0.307 e. The van der Waals surface area contributed by atoms with E-state index < -0.39 is 21.9 Å². The second kappa shape index (κ2) is 7.03. The Morgan fingerprint density at radius 2 is 2.10 bits per heavy atom. The van der Waals surface area contributed by atoms with Crippen molar-refractivity contribution in [2.24, 2.45) is 5.92 Å². The molecule has 0 bridgehead atoms. The molecule has 0 heterocycles. The fourth-order valence-electron chi connectivity index (χ4n) is 1.64. The molecular formula is C13H16N2O4S. The number of rotatable bonds is 7. The molecule has 0 radical (unpaired) electrons. The van der Waals surface area contributed by atoms with Gasteiger partial charge >= 0.3 is 5.97 Å². The van der Waals surface area contributed by atoms with Crippen molar-refractivity contribution in [2.45, 2.75) is 19.1 Å². The molecule has 0 aliphatic carbocycles. The average Bonchev–Trinajstić information content (AvgIpc) is 2.39. The van der Waals surface area contributed by atoms with Crippen molar-refractivity contribution in [3.05, 3.63) is 35.4 Å². The molecule has 0 saturated carbocycles. The van der Waals surface area contributed by atoms with Gasteiger partial charge in [-0.2, -0.15) is 5.26 Å². The number of benzene rings is 1. The minimum absolute atomic E-state index is 0.150. The maximum Gasteiger partial charge on any atom is 0.307 e. The van der Waals surface area contributed by atoms with Crippen LogP contribution in [0.4, 0.5) is 0 Å². The molecule has 1 rings (SSSR count). The summed E-state index contributed by atoms with van der Waals surface area (Å²) in [5.74, 6) is -2.13. The number of nitrogens with one attached hydrogen (secondary N) is 1. The Kier molecular flexibility index (Phi) is 5.67. The van der Waals surface area contributed by atoms with Crippen LogP contribution in [-0.4, -0.2) is 26.0 Å². The topological polar surface area (TPSA) is 107 Å². The van der Waals surface area contributed by atoms with E-state index in [1.165, 1.54) is 6.07 Å². The van der Waals surface area contributed by atoms with Crippen LogP contribution in [0.3, 0.4) is 0 Å². The third kappa shape index (κ3) is 4.64. The molecule has 0 spiro atoms. The van der Waals surface area contributed by atoms with E-state index >= 15 is 0 Å². The van der Waals surface area contributed by atoms with Crippen LogP contribution in [0.1, 0.15) is 24.5 Å². The Morgan fingerprint density at radius 3 is 2.65 bits per heavy atom. The van der Waals surface area contributed by atoms with Gasteiger partial charge in [-0.3, -0.25) is 4.79 Å². The third-order valence-electron chi connectivity index (χ3n) is 2.88. The Balaban J connectivity index is 2.76. The van der Waals surface area contributed by atoms with E-state index in [0.29, 0.717) is 17.5 Å². The van der Waals surface area contributed by atoms with Gasteiger partial charge < -0.3 is 5.11 Å². The minimum atomic E-state index is -3.67. The molecule has 2 N–H and O–H groups in total. The van der Waals surface area contributed by atoms with Crippen molar-refractivity contribution in [1.29, 1.82) is 5.26 Å². The number of carbonyl (C=O) groups is 1. The van der Waals surface area contributed by atoms with Crippen LogP contribution in [0.2, 0.25) is 0 Å². The minimum Gasteiger partial charge on any atom is -0.481 e. The summed E-state index contributed by atoms with van der Waals surface area (Å²) in [6, 6.07) is 8.33. The highest BCUT2D eigenvalue weighted by Crippen LogP contribution is 2.11. The lowest BCUT2D eigenvalue weighted by atomic mass is 10.1. The number of sulfonamides is 1. The van der Waals surface area contributed by atoms with Gasteiger partial charge in [-0.1, -0.05) is 25.1 Å². The van der Waals surface area contributed by atoms with E-state index in [0.717, 1.165) is 0 Å². The Labute approximate surface area is 118 Å². The molecular weight excluding hydrogens is 280 g/mol. The van der Waals surface area contributed by atoms with Crippen molar-refractivity contribution in [1.82, 2.24) is 4.72 Å². The largest absolute Gasteiger partial charge is 0.481 e. The summed E-state index contributed by atoms with van der Waals surface area (Å²) >= 11 is 0. The zero-order valence-corrected chi connectivity index (χ0v) is 11.9. The Hall–Kier alpha value is -1.91. The summed E-state index contributed by atoms with van der Waals surface area (Å²) in [7, 11) is -3.67. The standard InChI is InChI=1S/C13H16N2O4S/c1-2-10(13(16)17)8-15-20(18,19)9-12-6-4-3-5-11(12)7-14/h3-6,10,15H,2,8-9H2,1H3,(H,16,17). The quantitative estimate of drug-likeness (QED) is 0.783. The molecule has 1 atom stereocenters. The summed E-state index contributed by atoms with van der Waals surface area (Å²) in [6.45, 7) is 1.53. The van der Waals surface area contributed by atoms with E-state index in [1.807, 2.05) is 6.07 Å². The number of carboxylic acids is 1. The Morgan fingerprint density at radius 1 is 1.45 bits per heavy atom. The molecule has 1 unspecified atom stereocenters. The van der Waals surface area contributed by atoms with Crippen LogP contribution in [0, 0.1) is 17.2 Å². The number of nitrogens with zero attached hydrogens (tertiary/aromatic N) is 1. The molecule has 0 aromatic heterocycles. The first kappa shape index (κ1) is 16.1. The van der Waals surface area contributed by atoms with E-state index in [1.54, 1.807) is 25.1 Å². The van der Waals surface area contributed by atoms with Gasteiger partial charge in [0.1, 0.15) is 0 Å². The molecule has 1 aromatic rings. The molecule has 0 saturated heterocycles. The number of hydrogen-bond acceptors (Lipinski definition) is 4. The summed E-state index contributed by atoms with van der Waals surface area (Å²) in [5.41, 5.74) is 0.689. The van der Waals surface area contributed by atoms with Gasteiger partial charge in [0, 0.05) is 6.54 Å². The highest BCUT2D eigenvalue weighted by Gasteiger charge is 2.19. The fraction of sp³-hybridized carbons (Fsp3) is 0.385. The zero-order valence-electron chi connectivity index (χ0n) is 11.0. The second-order valence-corrected chi connectivity index (χ2v) is 6.13. The van der Waals surface area contributed by atoms with Crippen molar-refractivity contribution in [3.8, 4) is 6.07 Å². The number of nitriles is 1. The molecule has 0 amide bonds. The summed E-state index contributed by atoms with van der Waals surface area (Å²) in [4.78, 5) is 10.8. The van der Waals surface area contributed by atoms with Crippen LogP contribution >= 0.6 is 0 Å². The molecule has 0 aliphatic rings. The van der Waals surface area contributed by atoms with Crippen LogP contribution in [0.25, 0.3) is 0 Å². The summed E-state index contributed by atoms with van der Waals surface area (Å²) in [5, 5.41) is 17.8. The number of hydrogen-bond donors (Lipinski definition) is 2. The van der Waals surface area contributed by atoms with Crippen LogP contribution in [0.5, 0.6) is 0 Å². The van der Waals surface area contributed by atoms with Crippen LogP contribution in [-0.2, 0) is 20.6 Å². The third-order valence-corrected chi connectivity index (χ3v) is 4.17. The van der Waals surface area contributed by atoms with Gasteiger partial charge in [-0.25, -0.2) is 13.1 Å². The van der Waals surface area contributed by atoms with Gasteiger partial charge in [-0.15, -0.1) is 0 Å². The molecule has 0 aliphatic heterocycles.